The van der Waals surface area contributed by atoms with E-state index in [-0.39, 0.29) is 0 Å². The standard InChI is InChI=1S/C20H15N3/c1-4-10-16(11-5-1)21-20-22-18-14-8-3-9-15-19(18)23(20)17-12-6-2-7-13-17/h1-15H. The van der Waals surface area contributed by atoms with E-state index < -0.39 is 0 Å². The van der Waals surface area contributed by atoms with Gasteiger partial charge in [-0.25, -0.2) is 9.98 Å². The second-order valence-corrected chi connectivity index (χ2v) is 5.21. The number of nitrogens with zero attached hydrogens (tertiary/aromatic N) is 3. The quantitative estimate of drug-likeness (QED) is 0.545. The molecule has 2 aromatic rings. The molecule has 0 unspecified atom stereocenters. The van der Waals surface area contributed by atoms with Gasteiger partial charge in [0.1, 0.15) is 0 Å². The van der Waals surface area contributed by atoms with Gasteiger partial charge in [0.25, 0.3) is 0 Å². The molecule has 3 heteroatoms. The topological polar surface area (TPSA) is 30.2 Å². The Kier molecular flexibility index (Phi) is 3.45. The molecule has 0 fully saturated rings. The minimum Gasteiger partial charge on any atom is -0.277 e. The third-order valence-electron chi connectivity index (χ3n) is 3.65. The Labute approximate surface area is 134 Å². The van der Waals surface area contributed by atoms with Crippen molar-refractivity contribution in [3.8, 4) is 17.1 Å². The molecule has 2 aromatic carbocycles. The van der Waals surface area contributed by atoms with Gasteiger partial charge in [-0.15, -0.1) is 0 Å². The molecule has 3 nitrogen and oxygen atoms in total. The fourth-order valence-electron chi connectivity index (χ4n) is 2.60. The average Bonchev–Trinajstić information content (AvgIpc) is 2.77. The Balaban J connectivity index is 2.04. The van der Waals surface area contributed by atoms with Crippen molar-refractivity contribution in [3.05, 3.63) is 96.6 Å². The normalized spacial score (nSPS) is 11.7. The van der Waals surface area contributed by atoms with E-state index in [1.165, 1.54) is 0 Å². The average molecular weight is 297 g/mol. The molecule has 110 valence electrons. The zero-order chi connectivity index (χ0) is 15.5. The Hall–Kier alpha value is -3.20. The number of hydrogen-bond donors (Lipinski definition) is 0. The molecule has 0 radical (unpaired) electrons. The van der Waals surface area contributed by atoms with Crippen LogP contribution in [-0.2, 0) is 0 Å². The zero-order valence-corrected chi connectivity index (χ0v) is 12.5. The lowest BCUT2D eigenvalue weighted by Crippen LogP contribution is -2.16. The molecule has 23 heavy (non-hydrogen) atoms. The third kappa shape index (κ3) is 2.64. The van der Waals surface area contributed by atoms with Crippen molar-refractivity contribution in [2.75, 3.05) is 0 Å². The number of hydrogen-bond acceptors (Lipinski definition) is 2. The van der Waals surface area contributed by atoms with Crippen LogP contribution in [0.2, 0.25) is 0 Å². The fourth-order valence-corrected chi connectivity index (χ4v) is 2.60. The molecule has 0 aromatic heterocycles. The van der Waals surface area contributed by atoms with Crippen LogP contribution < -0.4 is 5.62 Å². The molecular weight excluding hydrogens is 282 g/mol. The smallest absolute Gasteiger partial charge is 0.235 e. The molecule has 1 heterocycles. The SMILES string of the molecule is c1ccc(N=c2nc3cccccc-3n2-c2ccccc2)cc1. The zero-order valence-electron chi connectivity index (χ0n) is 12.5. The van der Waals surface area contributed by atoms with Crippen molar-refractivity contribution in [1.29, 1.82) is 0 Å². The van der Waals surface area contributed by atoms with Gasteiger partial charge in [0.05, 0.1) is 17.1 Å². The summed E-state index contributed by atoms with van der Waals surface area (Å²) in [5.74, 6) is 0. The summed E-state index contributed by atoms with van der Waals surface area (Å²) in [6.45, 7) is 0. The van der Waals surface area contributed by atoms with Crippen molar-refractivity contribution in [1.82, 2.24) is 9.55 Å². The van der Waals surface area contributed by atoms with E-state index in [1.807, 2.05) is 72.8 Å². The molecule has 0 saturated heterocycles. The van der Waals surface area contributed by atoms with Gasteiger partial charge in [0.15, 0.2) is 0 Å². The fraction of sp³-hybridized carbons (Fsp3) is 0. The van der Waals surface area contributed by atoms with Crippen LogP contribution in [-0.4, -0.2) is 9.55 Å². The summed E-state index contributed by atoms with van der Waals surface area (Å²) in [5, 5.41) is 0. The van der Waals surface area contributed by atoms with Gasteiger partial charge < -0.3 is 0 Å². The Morgan fingerprint density at radius 1 is 0.652 bits per heavy atom. The van der Waals surface area contributed by atoms with E-state index in [2.05, 4.69) is 22.8 Å². The van der Waals surface area contributed by atoms with Gasteiger partial charge in [0, 0.05) is 5.69 Å². The van der Waals surface area contributed by atoms with Crippen LogP contribution in [0.25, 0.3) is 17.1 Å². The van der Waals surface area contributed by atoms with Crippen LogP contribution in [0.5, 0.6) is 0 Å². The molecule has 0 bridgehead atoms. The molecule has 4 rings (SSSR count). The maximum atomic E-state index is 4.73. The summed E-state index contributed by atoms with van der Waals surface area (Å²) in [5.41, 5.74) is 4.59. The molecule has 2 aliphatic rings. The number of fused-ring (bicyclic) bond motifs is 1. The Morgan fingerprint density at radius 3 is 2.00 bits per heavy atom. The van der Waals surface area contributed by atoms with E-state index in [1.54, 1.807) is 0 Å². The van der Waals surface area contributed by atoms with E-state index in [4.69, 9.17) is 9.98 Å². The van der Waals surface area contributed by atoms with Gasteiger partial charge in [-0.3, -0.25) is 4.57 Å². The van der Waals surface area contributed by atoms with Crippen LogP contribution in [0.4, 0.5) is 5.69 Å². The van der Waals surface area contributed by atoms with Crippen molar-refractivity contribution in [2.24, 2.45) is 4.99 Å². The van der Waals surface area contributed by atoms with E-state index >= 15 is 0 Å². The summed E-state index contributed by atoms with van der Waals surface area (Å²) in [7, 11) is 0. The van der Waals surface area contributed by atoms with E-state index in [9.17, 15) is 0 Å². The van der Waals surface area contributed by atoms with Crippen molar-refractivity contribution < 1.29 is 0 Å². The summed E-state index contributed by atoms with van der Waals surface area (Å²) >= 11 is 0. The first-order valence-corrected chi connectivity index (χ1v) is 7.55. The van der Waals surface area contributed by atoms with Crippen molar-refractivity contribution in [3.63, 3.8) is 0 Å². The van der Waals surface area contributed by atoms with E-state index in [0.29, 0.717) is 5.62 Å². The lowest BCUT2D eigenvalue weighted by atomic mass is 10.2. The van der Waals surface area contributed by atoms with Crippen LogP contribution >= 0.6 is 0 Å². The van der Waals surface area contributed by atoms with Gasteiger partial charge in [0.2, 0.25) is 5.62 Å². The molecule has 0 N–H and O–H groups in total. The lowest BCUT2D eigenvalue weighted by Gasteiger charge is -2.05. The molecular formula is C20H15N3. The predicted octanol–water partition coefficient (Wildman–Crippen LogP) is 4.21. The molecule has 0 atom stereocenters. The molecule has 0 spiro atoms. The molecule has 1 aliphatic carbocycles. The van der Waals surface area contributed by atoms with Crippen LogP contribution in [0.1, 0.15) is 0 Å². The first kappa shape index (κ1) is 13.5. The Morgan fingerprint density at radius 2 is 1.26 bits per heavy atom. The highest BCUT2D eigenvalue weighted by Crippen LogP contribution is 2.20. The second-order valence-electron chi connectivity index (χ2n) is 5.21. The molecule has 1 aliphatic heterocycles. The summed E-state index contributed by atoms with van der Waals surface area (Å²) in [6, 6.07) is 30.2. The summed E-state index contributed by atoms with van der Waals surface area (Å²) in [6.07, 6.45) is 0. The largest absolute Gasteiger partial charge is 0.277 e. The van der Waals surface area contributed by atoms with Gasteiger partial charge in [-0.05, 0) is 36.4 Å². The number of rotatable bonds is 2. The summed E-state index contributed by atoms with van der Waals surface area (Å²) < 4.78 is 2.09. The third-order valence-corrected chi connectivity index (χ3v) is 3.65. The number of aromatic nitrogens is 2. The van der Waals surface area contributed by atoms with E-state index in [0.717, 1.165) is 22.8 Å². The van der Waals surface area contributed by atoms with Gasteiger partial charge in [-0.2, -0.15) is 0 Å². The minimum atomic E-state index is 0.684. The predicted molar refractivity (Wildman–Crippen MR) is 91.9 cm³/mol. The monoisotopic (exact) mass is 297 g/mol. The van der Waals surface area contributed by atoms with Gasteiger partial charge >= 0.3 is 0 Å². The maximum absolute atomic E-state index is 4.73. The number of para-hydroxylation sites is 2. The highest BCUT2D eigenvalue weighted by molar-refractivity contribution is 5.59. The van der Waals surface area contributed by atoms with Crippen molar-refractivity contribution >= 4 is 5.69 Å². The van der Waals surface area contributed by atoms with Crippen LogP contribution in [0.3, 0.4) is 0 Å². The number of imidazole rings is 1. The lowest BCUT2D eigenvalue weighted by molar-refractivity contribution is 0.951. The first-order valence-electron chi connectivity index (χ1n) is 7.55. The first-order chi connectivity index (χ1) is 11.4. The maximum Gasteiger partial charge on any atom is 0.235 e. The molecule has 0 amide bonds. The van der Waals surface area contributed by atoms with Crippen molar-refractivity contribution in [2.45, 2.75) is 0 Å². The van der Waals surface area contributed by atoms with Crippen LogP contribution in [0, 0.1) is 0 Å². The van der Waals surface area contributed by atoms with Crippen LogP contribution in [0.15, 0.2) is 96.0 Å². The Bertz CT molecular complexity index is 957. The summed E-state index contributed by atoms with van der Waals surface area (Å²) in [4.78, 5) is 9.45. The second kappa shape index (κ2) is 5.89. The highest BCUT2D eigenvalue weighted by atomic mass is 15.1. The number of benzene rings is 2. The molecule has 0 saturated carbocycles. The van der Waals surface area contributed by atoms with Gasteiger partial charge in [-0.1, -0.05) is 54.6 Å². The minimum absolute atomic E-state index is 0.684. The highest BCUT2D eigenvalue weighted by Gasteiger charge is 2.12.